The lowest BCUT2D eigenvalue weighted by molar-refractivity contribution is 0.0732. The van der Waals surface area contributed by atoms with Crippen LogP contribution in [0.5, 0.6) is 0 Å². The number of carbonyl (C=O) groups excluding carboxylic acids is 1. The number of furan rings is 1. The predicted octanol–water partition coefficient (Wildman–Crippen LogP) is 2.33. The Kier molecular flexibility index (Phi) is 3.72. The molecule has 1 amide bonds. The van der Waals surface area contributed by atoms with Crippen LogP contribution in [0.2, 0.25) is 0 Å². The van der Waals surface area contributed by atoms with Gasteiger partial charge in [0.25, 0.3) is 5.91 Å². The lowest BCUT2D eigenvalue weighted by Crippen LogP contribution is -2.33. The van der Waals surface area contributed by atoms with Crippen LogP contribution in [0.4, 0.5) is 0 Å². The van der Waals surface area contributed by atoms with Gasteiger partial charge in [0, 0.05) is 31.7 Å². The Morgan fingerprint density at radius 1 is 1.38 bits per heavy atom. The molecule has 1 saturated carbocycles. The lowest BCUT2D eigenvalue weighted by atomic mass is 10.2. The van der Waals surface area contributed by atoms with E-state index in [1.54, 1.807) is 18.4 Å². The van der Waals surface area contributed by atoms with Crippen LogP contribution >= 0.6 is 0 Å². The number of hydrogen-bond donors (Lipinski definition) is 0. The van der Waals surface area contributed by atoms with Gasteiger partial charge in [-0.25, -0.2) is 0 Å². The maximum atomic E-state index is 12.3. The number of carbonyl (C=O) groups is 1. The summed E-state index contributed by atoms with van der Waals surface area (Å²) in [6, 6.07) is 3.50. The first-order chi connectivity index (χ1) is 11.5. The number of hydrogen-bond acceptors (Lipinski definition) is 5. The molecule has 2 aromatic heterocycles. The monoisotopic (exact) mass is 329 g/mol. The topological polar surface area (TPSA) is 62.7 Å². The first-order valence-electron chi connectivity index (χ1n) is 8.47. The molecule has 0 radical (unpaired) electrons. The zero-order chi connectivity index (χ0) is 16.8. The molecule has 1 aliphatic heterocycles. The molecule has 6 heteroatoms. The van der Waals surface area contributed by atoms with Gasteiger partial charge in [0.05, 0.1) is 12.0 Å². The minimum atomic E-state index is 0.0232. The molecule has 0 N–H and O–H groups in total. The van der Waals surface area contributed by atoms with Crippen molar-refractivity contribution in [3.63, 3.8) is 0 Å². The van der Waals surface area contributed by atoms with Crippen LogP contribution in [0.1, 0.15) is 27.6 Å². The third-order valence-corrected chi connectivity index (χ3v) is 5.52. The van der Waals surface area contributed by atoms with E-state index in [2.05, 4.69) is 17.1 Å². The van der Waals surface area contributed by atoms with Crippen molar-refractivity contribution >= 4 is 5.91 Å². The molecule has 2 aliphatic rings. The number of aryl methyl sites for hydroxylation is 2. The average molecular weight is 329 g/mol. The smallest absolute Gasteiger partial charge is 0.289 e. The zero-order valence-electron chi connectivity index (χ0n) is 14.4. The molecule has 3 atom stereocenters. The third-order valence-electron chi connectivity index (χ3n) is 5.52. The largest absolute Gasteiger partial charge is 0.459 e. The van der Waals surface area contributed by atoms with Crippen LogP contribution in [0, 0.1) is 31.6 Å². The standard InChI is InChI=1S/C18H23N3O3/c1-11-13(12(2)24-19-11)7-20(3)8-14-15-9-21(10-16(14)15)18(22)17-5-4-6-23-17/h4-6,14-16H,7-10H2,1-3H3/t14?,15-,16+. The van der Waals surface area contributed by atoms with E-state index in [0.717, 1.165) is 37.6 Å². The van der Waals surface area contributed by atoms with E-state index >= 15 is 0 Å². The summed E-state index contributed by atoms with van der Waals surface area (Å²) in [7, 11) is 2.14. The Labute approximate surface area is 141 Å². The molecule has 0 spiro atoms. The molecule has 2 fully saturated rings. The second-order valence-corrected chi connectivity index (χ2v) is 7.18. The van der Waals surface area contributed by atoms with Crippen molar-refractivity contribution in [2.24, 2.45) is 17.8 Å². The Morgan fingerprint density at radius 2 is 2.12 bits per heavy atom. The fourth-order valence-corrected chi connectivity index (χ4v) is 4.06. The Bertz CT molecular complexity index is 705. The number of aromatic nitrogens is 1. The maximum absolute atomic E-state index is 12.3. The maximum Gasteiger partial charge on any atom is 0.289 e. The van der Waals surface area contributed by atoms with Crippen LogP contribution in [-0.4, -0.2) is 47.5 Å². The van der Waals surface area contributed by atoms with E-state index in [4.69, 9.17) is 8.94 Å². The predicted molar refractivity (Wildman–Crippen MR) is 87.4 cm³/mol. The van der Waals surface area contributed by atoms with Gasteiger partial charge in [-0.1, -0.05) is 5.16 Å². The Hall–Kier alpha value is -2.08. The molecule has 1 saturated heterocycles. The number of amides is 1. The van der Waals surface area contributed by atoms with Crippen molar-refractivity contribution in [2.45, 2.75) is 20.4 Å². The van der Waals surface area contributed by atoms with Gasteiger partial charge >= 0.3 is 0 Å². The van der Waals surface area contributed by atoms with Gasteiger partial charge in [-0.05, 0) is 50.8 Å². The second kappa shape index (κ2) is 5.77. The molecule has 0 aromatic carbocycles. The van der Waals surface area contributed by atoms with Crippen molar-refractivity contribution in [2.75, 3.05) is 26.7 Å². The molecule has 128 valence electrons. The highest BCUT2D eigenvalue weighted by Crippen LogP contribution is 2.52. The van der Waals surface area contributed by atoms with E-state index in [0.29, 0.717) is 23.5 Å². The first kappa shape index (κ1) is 15.4. The van der Waals surface area contributed by atoms with Gasteiger partial charge in [-0.15, -0.1) is 0 Å². The van der Waals surface area contributed by atoms with E-state index < -0.39 is 0 Å². The minimum absolute atomic E-state index is 0.0232. The van der Waals surface area contributed by atoms with Crippen LogP contribution in [0.3, 0.4) is 0 Å². The van der Waals surface area contributed by atoms with E-state index in [1.165, 1.54) is 5.56 Å². The normalized spacial score (nSPS) is 25.3. The summed E-state index contributed by atoms with van der Waals surface area (Å²) < 4.78 is 10.5. The van der Waals surface area contributed by atoms with E-state index in [-0.39, 0.29) is 5.91 Å². The van der Waals surface area contributed by atoms with Crippen molar-refractivity contribution in [3.05, 3.63) is 41.2 Å². The van der Waals surface area contributed by atoms with Gasteiger partial charge in [-0.2, -0.15) is 0 Å². The van der Waals surface area contributed by atoms with Gasteiger partial charge in [0.2, 0.25) is 0 Å². The summed E-state index contributed by atoms with van der Waals surface area (Å²) in [5, 5.41) is 4.02. The summed E-state index contributed by atoms with van der Waals surface area (Å²) in [4.78, 5) is 16.6. The van der Waals surface area contributed by atoms with E-state index in [9.17, 15) is 4.79 Å². The van der Waals surface area contributed by atoms with Gasteiger partial charge in [0.1, 0.15) is 5.76 Å². The summed E-state index contributed by atoms with van der Waals surface area (Å²) in [5.74, 6) is 3.34. The molecular weight excluding hydrogens is 306 g/mol. The number of rotatable bonds is 5. The van der Waals surface area contributed by atoms with Gasteiger partial charge in [0.15, 0.2) is 5.76 Å². The number of nitrogens with zero attached hydrogens (tertiary/aromatic N) is 3. The Balaban J connectivity index is 1.29. The molecule has 1 aliphatic carbocycles. The van der Waals surface area contributed by atoms with Crippen LogP contribution in [0.25, 0.3) is 0 Å². The van der Waals surface area contributed by atoms with Crippen molar-refractivity contribution in [3.8, 4) is 0 Å². The minimum Gasteiger partial charge on any atom is -0.459 e. The zero-order valence-corrected chi connectivity index (χ0v) is 14.4. The highest BCUT2D eigenvalue weighted by Gasteiger charge is 2.56. The van der Waals surface area contributed by atoms with E-state index in [1.807, 2.05) is 18.7 Å². The number of piperidine rings is 1. The number of fused-ring (bicyclic) bond motifs is 1. The fraction of sp³-hybridized carbons (Fsp3) is 0.556. The highest BCUT2D eigenvalue weighted by molar-refractivity contribution is 5.91. The molecule has 4 rings (SSSR count). The van der Waals surface area contributed by atoms with Crippen LogP contribution in [-0.2, 0) is 6.54 Å². The highest BCUT2D eigenvalue weighted by atomic mass is 16.5. The third kappa shape index (κ3) is 2.65. The molecule has 24 heavy (non-hydrogen) atoms. The molecule has 0 bridgehead atoms. The quantitative estimate of drug-likeness (QED) is 0.842. The van der Waals surface area contributed by atoms with Crippen molar-refractivity contribution in [1.82, 2.24) is 15.0 Å². The summed E-state index contributed by atoms with van der Waals surface area (Å²) in [6.07, 6.45) is 1.55. The first-order valence-corrected chi connectivity index (χ1v) is 8.47. The van der Waals surface area contributed by atoms with Crippen LogP contribution < -0.4 is 0 Å². The lowest BCUT2D eigenvalue weighted by Gasteiger charge is -2.21. The summed E-state index contributed by atoms with van der Waals surface area (Å²) in [6.45, 7) is 7.59. The molecule has 2 aromatic rings. The molecular formula is C18H23N3O3. The number of likely N-dealkylation sites (tertiary alicyclic amines) is 1. The second-order valence-electron chi connectivity index (χ2n) is 7.18. The summed E-state index contributed by atoms with van der Waals surface area (Å²) in [5.41, 5.74) is 2.17. The van der Waals surface area contributed by atoms with Gasteiger partial charge in [-0.3, -0.25) is 4.79 Å². The SMILES string of the molecule is Cc1noc(C)c1CN(C)CC1[C@H]2CN(C(=O)c3ccco3)C[C@@H]12. The van der Waals surface area contributed by atoms with Crippen molar-refractivity contribution < 1.29 is 13.7 Å². The molecule has 3 heterocycles. The van der Waals surface area contributed by atoms with Crippen LogP contribution in [0.15, 0.2) is 27.3 Å². The van der Waals surface area contributed by atoms with Crippen molar-refractivity contribution in [1.29, 1.82) is 0 Å². The molecule has 1 unspecified atom stereocenters. The fourth-order valence-electron chi connectivity index (χ4n) is 4.06. The Morgan fingerprint density at radius 3 is 2.71 bits per heavy atom. The average Bonchev–Trinajstić information content (AvgIpc) is 3.07. The molecule has 6 nitrogen and oxygen atoms in total. The van der Waals surface area contributed by atoms with Gasteiger partial charge < -0.3 is 18.7 Å². The summed E-state index contributed by atoms with van der Waals surface area (Å²) >= 11 is 0.